The number of hydrogen-bond acceptors (Lipinski definition) is 3. The number of ether oxygens (including phenoxy) is 1. The Balaban J connectivity index is 1.98. The van der Waals surface area contributed by atoms with Crippen LogP contribution >= 0.6 is 0 Å². The van der Waals surface area contributed by atoms with Crippen molar-refractivity contribution in [1.29, 1.82) is 0 Å². The third kappa shape index (κ3) is 1.05. The van der Waals surface area contributed by atoms with Gasteiger partial charge in [0.15, 0.2) is 0 Å². The standard InChI is InChI=1S/C5H8FNO3S/c6-11(8,9)7-1-5(2-7)3-10-4-5/h1-4H2. The molecule has 2 aliphatic heterocycles. The Kier molecular flexibility index (Phi) is 1.31. The molecule has 0 bridgehead atoms. The molecule has 2 fully saturated rings. The molecule has 2 rings (SSSR count). The summed E-state index contributed by atoms with van der Waals surface area (Å²) in [6, 6.07) is 0. The second-order valence-corrected chi connectivity index (χ2v) is 4.54. The second kappa shape index (κ2) is 1.94. The van der Waals surface area contributed by atoms with Crippen LogP contribution in [-0.4, -0.2) is 39.0 Å². The predicted molar refractivity (Wildman–Crippen MR) is 34.9 cm³/mol. The summed E-state index contributed by atoms with van der Waals surface area (Å²) in [6.45, 7) is 1.70. The first-order chi connectivity index (χ1) is 5.02. The van der Waals surface area contributed by atoms with Gasteiger partial charge in [0.1, 0.15) is 0 Å². The molecular weight excluding hydrogens is 173 g/mol. The first kappa shape index (κ1) is 7.45. The zero-order valence-corrected chi connectivity index (χ0v) is 6.60. The van der Waals surface area contributed by atoms with Crippen molar-refractivity contribution in [2.45, 2.75) is 0 Å². The summed E-state index contributed by atoms with van der Waals surface area (Å²) >= 11 is 0. The summed E-state index contributed by atoms with van der Waals surface area (Å²) in [5, 5.41) is 0. The summed E-state index contributed by atoms with van der Waals surface area (Å²) in [5.41, 5.74) is -0.0425. The smallest absolute Gasteiger partial charge is 0.374 e. The molecule has 0 aromatic rings. The molecule has 0 radical (unpaired) electrons. The minimum Gasteiger partial charge on any atom is -0.380 e. The molecule has 0 atom stereocenters. The quantitative estimate of drug-likeness (QED) is 0.514. The maximum atomic E-state index is 12.2. The Bertz CT molecular complexity index is 263. The van der Waals surface area contributed by atoms with Crippen LogP contribution in [0.15, 0.2) is 0 Å². The molecule has 2 heterocycles. The van der Waals surface area contributed by atoms with Crippen molar-refractivity contribution >= 4 is 10.4 Å². The summed E-state index contributed by atoms with van der Waals surface area (Å²) in [7, 11) is -4.44. The fraction of sp³-hybridized carbons (Fsp3) is 1.00. The van der Waals surface area contributed by atoms with Crippen LogP contribution in [0.3, 0.4) is 0 Å². The summed E-state index contributed by atoms with van der Waals surface area (Å²) in [6.07, 6.45) is 0. The summed E-state index contributed by atoms with van der Waals surface area (Å²) in [5.74, 6) is 0. The molecule has 4 nitrogen and oxygen atoms in total. The first-order valence-corrected chi connectivity index (χ1v) is 4.63. The van der Waals surface area contributed by atoms with Gasteiger partial charge >= 0.3 is 10.4 Å². The van der Waals surface area contributed by atoms with Crippen LogP contribution < -0.4 is 0 Å². The molecule has 0 unspecified atom stereocenters. The van der Waals surface area contributed by atoms with Crippen LogP contribution in [0.2, 0.25) is 0 Å². The molecule has 64 valence electrons. The van der Waals surface area contributed by atoms with Crippen molar-refractivity contribution in [2.24, 2.45) is 5.41 Å². The molecule has 11 heavy (non-hydrogen) atoms. The number of rotatable bonds is 1. The van der Waals surface area contributed by atoms with Crippen LogP contribution in [0.5, 0.6) is 0 Å². The molecule has 0 aliphatic carbocycles. The zero-order valence-electron chi connectivity index (χ0n) is 5.79. The average molecular weight is 181 g/mol. The van der Waals surface area contributed by atoms with E-state index in [-0.39, 0.29) is 18.5 Å². The molecule has 2 aliphatic rings. The monoisotopic (exact) mass is 181 g/mol. The van der Waals surface area contributed by atoms with Gasteiger partial charge in [-0.3, -0.25) is 0 Å². The Morgan fingerprint density at radius 1 is 1.36 bits per heavy atom. The zero-order chi connectivity index (χ0) is 8.11. The van der Waals surface area contributed by atoms with Crippen LogP contribution in [0, 0.1) is 5.41 Å². The van der Waals surface area contributed by atoms with E-state index in [0.717, 1.165) is 4.31 Å². The largest absolute Gasteiger partial charge is 0.380 e. The van der Waals surface area contributed by atoms with Gasteiger partial charge in [-0.25, -0.2) is 0 Å². The van der Waals surface area contributed by atoms with Gasteiger partial charge < -0.3 is 4.74 Å². The summed E-state index contributed by atoms with van der Waals surface area (Å²) < 4.78 is 38.4. The Morgan fingerprint density at radius 3 is 2.18 bits per heavy atom. The van der Waals surface area contributed by atoms with Crippen LogP contribution in [0.1, 0.15) is 0 Å². The topological polar surface area (TPSA) is 46.6 Å². The van der Waals surface area contributed by atoms with Crippen molar-refractivity contribution in [3.05, 3.63) is 0 Å². The van der Waals surface area contributed by atoms with Crippen LogP contribution in [-0.2, 0) is 15.1 Å². The minimum absolute atomic E-state index is 0.0425. The van der Waals surface area contributed by atoms with Gasteiger partial charge in [-0.05, 0) is 0 Å². The Hall–Kier alpha value is -0.200. The van der Waals surface area contributed by atoms with E-state index in [4.69, 9.17) is 4.74 Å². The highest BCUT2D eigenvalue weighted by atomic mass is 32.3. The van der Waals surface area contributed by atoms with Crippen molar-refractivity contribution in [3.8, 4) is 0 Å². The minimum atomic E-state index is -4.44. The van der Waals surface area contributed by atoms with E-state index in [2.05, 4.69) is 0 Å². The van der Waals surface area contributed by atoms with Crippen molar-refractivity contribution in [2.75, 3.05) is 26.3 Å². The molecular formula is C5H8FNO3S. The highest BCUT2D eigenvalue weighted by Gasteiger charge is 2.53. The lowest BCUT2D eigenvalue weighted by atomic mass is 9.80. The van der Waals surface area contributed by atoms with E-state index in [1.165, 1.54) is 0 Å². The lowest BCUT2D eigenvalue weighted by molar-refractivity contribution is -0.167. The number of nitrogens with zero attached hydrogens (tertiary/aromatic N) is 1. The van der Waals surface area contributed by atoms with E-state index in [1.807, 2.05) is 0 Å². The molecule has 2 saturated heterocycles. The predicted octanol–water partition coefficient (Wildman–Crippen LogP) is -0.467. The highest BCUT2D eigenvalue weighted by Crippen LogP contribution is 2.39. The maximum absolute atomic E-state index is 12.2. The van der Waals surface area contributed by atoms with E-state index in [9.17, 15) is 12.3 Å². The fourth-order valence-electron chi connectivity index (χ4n) is 1.43. The van der Waals surface area contributed by atoms with Gasteiger partial charge in [-0.1, -0.05) is 3.89 Å². The van der Waals surface area contributed by atoms with E-state index < -0.39 is 10.4 Å². The fourth-order valence-corrected chi connectivity index (χ4v) is 2.29. The lowest BCUT2D eigenvalue weighted by Crippen LogP contribution is -2.66. The van der Waals surface area contributed by atoms with Gasteiger partial charge in [-0.2, -0.15) is 12.7 Å². The van der Waals surface area contributed by atoms with Crippen molar-refractivity contribution < 1.29 is 17.0 Å². The molecule has 0 aromatic heterocycles. The lowest BCUT2D eigenvalue weighted by Gasteiger charge is -2.52. The van der Waals surface area contributed by atoms with Gasteiger partial charge in [0.2, 0.25) is 0 Å². The molecule has 6 heteroatoms. The SMILES string of the molecule is O=S(=O)(F)N1CC2(COC2)C1. The van der Waals surface area contributed by atoms with Crippen molar-refractivity contribution in [1.82, 2.24) is 4.31 Å². The van der Waals surface area contributed by atoms with Crippen molar-refractivity contribution in [3.63, 3.8) is 0 Å². The molecule has 0 N–H and O–H groups in total. The molecule has 0 saturated carbocycles. The van der Waals surface area contributed by atoms with E-state index >= 15 is 0 Å². The number of halogens is 1. The van der Waals surface area contributed by atoms with Gasteiger partial charge in [0, 0.05) is 18.5 Å². The Morgan fingerprint density at radius 2 is 1.91 bits per heavy atom. The van der Waals surface area contributed by atoms with Crippen LogP contribution in [0.25, 0.3) is 0 Å². The molecule has 1 spiro atoms. The average Bonchev–Trinajstić information content (AvgIpc) is 1.49. The second-order valence-electron chi connectivity index (χ2n) is 3.20. The van der Waals surface area contributed by atoms with Gasteiger partial charge in [-0.15, -0.1) is 0 Å². The third-order valence-corrected chi connectivity index (χ3v) is 3.02. The third-order valence-electron chi connectivity index (χ3n) is 2.15. The van der Waals surface area contributed by atoms with E-state index in [1.54, 1.807) is 0 Å². The maximum Gasteiger partial charge on any atom is 0.374 e. The van der Waals surface area contributed by atoms with Crippen LogP contribution in [0.4, 0.5) is 3.89 Å². The first-order valence-electron chi connectivity index (χ1n) is 3.29. The molecule has 0 amide bonds. The van der Waals surface area contributed by atoms with E-state index in [0.29, 0.717) is 13.2 Å². The Labute approximate surface area is 64.3 Å². The normalized spacial score (nSPS) is 29.5. The number of hydrogen-bond donors (Lipinski definition) is 0. The highest BCUT2D eigenvalue weighted by molar-refractivity contribution is 7.84. The molecule has 0 aromatic carbocycles. The summed E-state index contributed by atoms with van der Waals surface area (Å²) in [4.78, 5) is 0. The van der Waals surface area contributed by atoms with Gasteiger partial charge in [0.25, 0.3) is 0 Å². The van der Waals surface area contributed by atoms with Gasteiger partial charge in [0.05, 0.1) is 13.2 Å².